The number of amides is 1. The maximum absolute atomic E-state index is 13.8. The number of aromatic nitrogens is 2. The predicted octanol–water partition coefficient (Wildman–Crippen LogP) is 3.80. The van der Waals surface area contributed by atoms with Crippen LogP contribution >= 0.6 is 0 Å². The lowest BCUT2D eigenvalue weighted by atomic mass is 10.1. The Bertz CT molecular complexity index is 1350. The fourth-order valence-electron chi connectivity index (χ4n) is 3.24. The highest BCUT2D eigenvalue weighted by molar-refractivity contribution is 7.92. The molecule has 0 aliphatic carbocycles. The number of rotatable bonds is 8. The fraction of sp³-hybridized carbons (Fsp3) is 0.0833. The van der Waals surface area contributed by atoms with Gasteiger partial charge in [-0.3, -0.25) is 14.2 Å². The fourth-order valence-corrected chi connectivity index (χ4v) is 4.30. The molecule has 0 radical (unpaired) electrons. The SMILES string of the molecule is O=C(NCc1cccc(Cn2cccn2)c1)c1ccc(S(=O)(=O)Nc2ccccc2F)cc1. The molecule has 33 heavy (non-hydrogen) atoms. The first-order valence-corrected chi connectivity index (χ1v) is 11.6. The van der Waals surface area contributed by atoms with Gasteiger partial charge in [-0.15, -0.1) is 0 Å². The van der Waals surface area contributed by atoms with Crippen LogP contribution in [0, 0.1) is 5.82 Å². The van der Waals surface area contributed by atoms with Crippen molar-refractivity contribution in [1.82, 2.24) is 15.1 Å². The Morgan fingerprint density at radius 1 is 0.939 bits per heavy atom. The molecule has 0 saturated heterocycles. The van der Waals surface area contributed by atoms with Crippen molar-refractivity contribution in [2.24, 2.45) is 0 Å². The van der Waals surface area contributed by atoms with E-state index in [1.54, 1.807) is 6.20 Å². The Balaban J connectivity index is 1.38. The van der Waals surface area contributed by atoms with Crippen LogP contribution in [0.25, 0.3) is 0 Å². The largest absolute Gasteiger partial charge is 0.348 e. The molecule has 168 valence electrons. The molecule has 0 unspecified atom stereocenters. The van der Waals surface area contributed by atoms with Crippen molar-refractivity contribution in [1.29, 1.82) is 0 Å². The number of benzene rings is 3. The van der Waals surface area contributed by atoms with Crippen LogP contribution in [-0.4, -0.2) is 24.1 Å². The van der Waals surface area contributed by atoms with Crippen LogP contribution in [0.15, 0.2) is 96.2 Å². The number of sulfonamides is 1. The molecule has 0 saturated carbocycles. The lowest BCUT2D eigenvalue weighted by Gasteiger charge is -2.10. The molecule has 7 nitrogen and oxygen atoms in total. The second-order valence-electron chi connectivity index (χ2n) is 7.32. The van der Waals surface area contributed by atoms with Gasteiger partial charge in [-0.25, -0.2) is 12.8 Å². The highest BCUT2D eigenvalue weighted by Gasteiger charge is 2.17. The summed E-state index contributed by atoms with van der Waals surface area (Å²) in [6.45, 7) is 0.951. The van der Waals surface area contributed by atoms with Gasteiger partial charge in [0.25, 0.3) is 15.9 Å². The number of nitrogens with one attached hydrogen (secondary N) is 2. The zero-order valence-corrected chi connectivity index (χ0v) is 18.3. The first-order chi connectivity index (χ1) is 15.9. The third kappa shape index (κ3) is 5.64. The molecule has 4 rings (SSSR count). The van der Waals surface area contributed by atoms with E-state index in [-0.39, 0.29) is 16.5 Å². The minimum atomic E-state index is -3.99. The van der Waals surface area contributed by atoms with Crippen molar-refractivity contribution in [2.75, 3.05) is 4.72 Å². The highest BCUT2D eigenvalue weighted by atomic mass is 32.2. The van der Waals surface area contributed by atoms with Crippen LogP contribution < -0.4 is 10.0 Å². The summed E-state index contributed by atoms with van der Waals surface area (Å²) < 4.78 is 42.8. The number of carbonyl (C=O) groups is 1. The van der Waals surface area contributed by atoms with Crippen LogP contribution in [-0.2, 0) is 23.1 Å². The number of anilines is 1. The van der Waals surface area contributed by atoms with Crippen LogP contribution in [0.2, 0.25) is 0 Å². The molecule has 3 aromatic carbocycles. The van der Waals surface area contributed by atoms with Crippen LogP contribution in [0.3, 0.4) is 0 Å². The second kappa shape index (κ2) is 9.66. The zero-order valence-electron chi connectivity index (χ0n) is 17.5. The number of hydrogen-bond donors (Lipinski definition) is 2. The van der Waals surface area contributed by atoms with E-state index in [4.69, 9.17) is 0 Å². The summed E-state index contributed by atoms with van der Waals surface area (Å²) in [5, 5.41) is 7.02. The summed E-state index contributed by atoms with van der Waals surface area (Å²) in [7, 11) is -3.99. The van der Waals surface area contributed by atoms with Gasteiger partial charge in [0.15, 0.2) is 0 Å². The molecule has 1 amide bonds. The highest BCUT2D eigenvalue weighted by Crippen LogP contribution is 2.19. The van der Waals surface area contributed by atoms with Crippen molar-refractivity contribution in [3.8, 4) is 0 Å². The number of para-hydroxylation sites is 1. The summed E-state index contributed by atoms with van der Waals surface area (Å²) in [4.78, 5) is 12.4. The monoisotopic (exact) mass is 464 g/mol. The maximum Gasteiger partial charge on any atom is 0.261 e. The Morgan fingerprint density at radius 2 is 1.70 bits per heavy atom. The van der Waals surface area contributed by atoms with E-state index in [0.717, 1.165) is 11.1 Å². The average molecular weight is 465 g/mol. The van der Waals surface area contributed by atoms with Gasteiger partial charge in [-0.05, 0) is 53.6 Å². The van der Waals surface area contributed by atoms with Crippen molar-refractivity contribution >= 4 is 21.6 Å². The minimum absolute atomic E-state index is 0.0753. The molecule has 0 bridgehead atoms. The summed E-state index contributed by atoms with van der Waals surface area (Å²) in [5.74, 6) is -1.01. The number of nitrogens with zero attached hydrogens (tertiary/aromatic N) is 2. The molecular weight excluding hydrogens is 443 g/mol. The van der Waals surface area contributed by atoms with E-state index in [1.165, 1.54) is 48.5 Å². The molecule has 0 fully saturated rings. The molecule has 1 heterocycles. The normalized spacial score (nSPS) is 11.2. The molecular formula is C24H21FN4O3S. The quantitative estimate of drug-likeness (QED) is 0.415. The Labute approximate surface area is 190 Å². The molecule has 9 heteroatoms. The predicted molar refractivity (Wildman–Crippen MR) is 123 cm³/mol. The summed E-state index contributed by atoms with van der Waals surface area (Å²) in [6.07, 6.45) is 3.60. The first kappa shape index (κ1) is 22.2. The standard InChI is InChI=1S/C24H21FN4O3S/c25-22-7-1-2-8-23(22)28-33(31,32)21-11-9-20(10-12-21)24(30)26-16-18-5-3-6-19(15-18)17-29-14-4-13-27-29/h1-15,28H,16-17H2,(H,26,30). The summed E-state index contributed by atoms with van der Waals surface area (Å²) in [5.41, 5.74) is 2.16. The maximum atomic E-state index is 13.8. The van der Waals surface area contributed by atoms with Gasteiger partial charge in [0.05, 0.1) is 17.1 Å². The zero-order chi connectivity index (χ0) is 23.3. The number of halogens is 1. The average Bonchev–Trinajstić information content (AvgIpc) is 3.32. The molecule has 1 aromatic heterocycles. The van der Waals surface area contributed by atoms with E-state index in [2.05, 4.69) is 15.1 Å². The lowest BCUT2D eigenvalue weighted by Crippen LogP contribution is -2.23. The molecule has 4 aromatic rings. The molecule has 0 atom stereocenters. The lowest BCUT2D eigenvalue weighted by molar-refractivity contribution is 0.0951. The van der Waals surface area contributed by atoms with Crippen molar-refractivity contribution < 1.29 is 17.6 Å². The first-order valence-electron chi connectivity index (χ1n) is 10.1. The Kier molecular flexibility index (Phi) is 6.50. The van der Waals surface area contributed by atoms with Gasteiger partial charge in [-0.2, -0.15) is 5.10 Å². The smallest absolute Gasteiger partial charge is 0.261 e. The van der Waals surface area contributed by atoms with Gasteiger partial charge in [0.1, 0.15) is 5.82 Å². The van der Waals surface area contributed by atoms with Gasteiger partial charge < -0.3 is 5.32 Å². The van der Waals surface area contributed by atoms with E-state index >= 15 is 0 Å². The number of carbonyl (C=O) groups excluding carboxylic acids is 1. The third-order valence-electron chi connectivity index (χ3n) is 4.89. The molecule has 0 spiro atoms. The van der Waals surface area contributed by atoms with Crippen molar-refractivity contribution in [2.45, 2.75) is 18.0 Å². The third-order valence-corrected chi connectivity index (χ3v) is 6.27. The molecule has 0 aliphatic rings. The van der Waals surface area contributed by atoms with E-state index in [0.29, 0.717) is 18.7 Å². The Morgan fingerprint density at radius 3 is 2.42 bits per heavy atom. The number of hydrogen-bond acceptors (Lipinski definition) is 4. The minimum Gasteiger partial charge on any atom is -0.348 e. The van der Waals surface area contributed by atoms with E-state index < -0.39 is 15.8 Å². The van der Waals surface area contributed by atoms with Crippen molar-refractivity contribution in [3.63, 3.8) is 0 Å². The van der Waals surface area contributed by atoms with E-state index in [9.17, 15) is 17.6 Å². The topological polar surface area (TPSA) is 93.1 Å². The summed E-state index contributed by atoms with van der Waals surface area (Å²) >= 11 is 0. The van der Waals surface area contributed by atoms with E-state index in [1.807, 2.05) is 41.2 Å². The molecule has 2 N–H and O–H groups in total. The van der Waals surface area contributed by atoms with Crippen molar-refractivity contribution in [3.05, 3.63) is 114 Å². The van der Waals surface area contributed by atoms with Gasteiger partial charge in [-0.1, -0.05) is 36.4 Å². The van der Waals surface area contributed by atoms with Crippen LogP contribution in [0.5, 0.6) is 0 Å². The van der Waals surface area contributed by atoms with Gasteiger partial charge in [0, 0.05) is 24.5 Å². The van der Waals surface area contributed by atoms with Gasteiger partial charge >= 0.3 is 0 Å². The molecule has 0 aliphatic heterocycles. The van der Waals surface area contributed by atoms with Gasteiger partial charge in [0.2, 0.25) is 0 Å². The Hall–Kier alpha value is -3.98. The van der Waals surface area contributed by atoms with Crippen LogP contribution in [0.4, 0.5) is 10.1 Å². The summed E-state index contributed by atoms with van der Waals surface area (Å²) in [6, 6.07) is 20.6. The second-order valence-corrected chi connectivity index (χ2v) is 9.00. The van der Waals surface area contributed by atoms with Crippen LogP contribution in [0.1, 0.15) is 21.5 Å².